The first-order valence-electron chi connectivity index (χ1n) is 45.8. The number of ketones is 3. The fourth-order valence-electron chi connectivity index (χ4n) is 16.7. The van der Waals surface area contributed by atoms with Crippen molar-refractivity contribution in [3.05, 3.63) is 119 Å². The molecule has 15 atom stereocenters. The van der Waals surface area contributed by atoms with Crippen molar-refractivity contribution < 1.29 is 110 Å². The molecule has 6 aromatic rings. The molecule has 2 aromatic carbocycles. The van der Waals surface area contributed by atoms with Crippen LogP contribution >= 0.6 is 0 Å². The van der Waals surface area contributed by atoms with Crippen molar-refractivity contribution >= 4 is 69.1 Å². The van der Waals surface area contributed by atoms with Gasteiger partial charge in [-0.2, -0.15) is 10.1 Å². The Labute approximate surface area is 760 Å². The van der Waals surface area contributed by atoms with E-state index in [9.17, 15) is 44.1 Å². The Bertz CT molecular complexity index is 4650. The summed E-state index contributed by atoms with van der Waals surface area (Å²) < 4.78 is 84.8. The van der Waals surface area contributed by atoms with Gasteiger partial charge in [0.25, 0.3) is 17.7 Å². The molecule has 10 N–H and O–H groups in total. The van der Waals surface area contributed by atoms with Crippen molar-refractivity contribution in [3.8, 4) is 11.3 Å². The van der Waals surface area contributed by atoms with Crippen LogP contribution in [0.1, 0.15) is 155 Å². The van der Waals surface area contributed by atoms with Gasteiger partial charge in [0.1, 0.15) is 53.5 Å². The van der Waals surface area contributed by atoms with E-state index >= 15 is 0 Å². The monoisotopic (exact) mass is 1820 g/mol. The number of unbranched alkanes of at least 4 members (excludes halogenated alkanes) is 1. The third kappa shape index (κ3) is 31.6. The lowest BCUT2D eigenvalue weighted by Gasteiger charge is -2.42. The first-order valence-corrected chi connectivity index (χ1v) is 45.8. The smallest absolute Gasteiger partial charge is 0.329 e. The number of nitrogens with two attached hydrogens (primary N) is 3. The number of esters is 1. The predicted octanol–water partition coefficient (Wildman–Crippen LogP) is 7.86. The second kappa shape index (κ2) is 53.6. The molecule has 2 saturated heterocycles. The molecule has 7 heterocycles. The van der Waals surface area contributed by atoms with Gasteiger partial charge in [-0.15, -0.1) is 5.10 Å². The number of carbonyl (C=O) groups is 6. The van der Waals surface area contributed by atoms with Crippen LogP contribution in [0.2, 0.25) is 0 Å². The minimum Gasteiger partial charge on any atom is -0.459 e. The number of hydrogen-bond acceptors (Lipinski definition) is 32. The Morgan fingerprint density at radius 2 is 1.38 bits per heavy atom. The number of hydrogen-bond donors (Lipinski definition) is 7. The van der Waals surface area contributed by atoms with Crippen molar-refractivity contribution in [2.45, 2.75) is 225 Å². The molecule has 0 unspecified atom stereocenters. The van der Waals surface area contributed by atoms with Crippen LogP contribution < -0.4 is 22.5 Å². The van der Waals surface area contributed by atoms with Gasteiger partial charge in [0.05, 0.1) is 154 Å². The Morgan fingerprint density at radius 1 is 0.708 bits per heavy atom. The van der Waals surface area contributed by atoms with Crippen molar-refractivity contribution in [1.82, 2.24) is 49.9 Å². The SMILES string of the molecule is CO[C@H]1C[C@@H]2CC[C@@H](C)[C@@](O)(O2)C(=O)C(=O)N2CCCC[C@H]2C(=O)O[C@H]([C@H](N)C[C@@H]2CC[C@@H](OCCCCc3cn(CCOCCOCCOCCOCCOCCOCCOCCOCCC(=O)NCc4ccc(Cn5nc(-c6ccc7oc(N)nc7c6)c6c(N)ncnc65)cc4)nn3)[C@H](OC)C2)CC(=O)[C@H](C)/C=C(\C)[C@@H](O)[C@@H](O)C(=O)[C@H](C)C[C@H](C)/C=C/C=CC=C1C. The molecule has 10 rings (SSSR count). The molecule has 3 aliphatic heterocycles. The van der Waals surface area contributed by atoms with E-state index < -0.39 is 95.4 Å². The maximum Gasteiger partial charge on any atom is 0.329 e. The Kier molecular flexibility index (Phi) is 42.5. The number of piperidine rings is 1. The van der Waals surface area contributed by atoms with Crippen LogP contribution in [0.4, 0.5) is 11.8 Å². The Morgan fingerprint density at radius 3 is 2.05 bits per heavy atom. The molecule has 2 amide bonds. The van der Waals surface area contributed by atoms with Gasteiger partial charge in [-0.25, -0.2) is 24.1 Å². The quantitative estimate of drug-likeness (QED) is 0.00828. The van der Waals surface area contributed by atoms with Gasteiger partial charge in [-0.1, -0.05) is 93.6 Å². The minimum absolute atomic E-state index is 0.0251. The molecule has 2 bridgehead atoms. The molecular formula is C94H137N13O23. The number of aliphatic hydroxyl groups excluding tert-OH is 2. The number of cyclic esters (lactones) is 1. The molecule has 4 aliphatic rings. The molecule has 36 heteroatoms. The molecule has 130 heavy (non-hydrogen) atoms. The summed E-state index contributed by atoms with van der Waals surface area (Å²) in [4.78, 5) is 98.2. The second-order valence-electron chi connectivity index (χ2n) is 34.3. The lowest BCUT2D eigenvalue weighted by Crippen LogP contribution is -2.61. The summed E-state index contributed by atoms with van der Waals surface area (Å²) in [6.45, 7) is 18.7. The fourth-order valence-corrected chi connectivity index (χ4v) is 16.7. The number of methoxy groups -OCH3 is 2. The number of oxazole rings is 1. The number of amides is 2. The number of nitrogens with zero attached hydrogens (tertiary/aromatic N) is 9. The van der Waals surface area contributed by atoms with Crippen LogP contribution in [0.25, 0.3) is 33.4 Å². The highest BCUT2D eigenvalue weighted by atomic mass is 16.6. The van der Waals surface area contributed by atoms with E-state index in [1.54, 1.807) is 50.4 Å². The van der Waals surface area contributed by atoms with Gasteiger partial charge in [0, 0.05) is 88.7 Å². The average molecular weight is 1820 g/mol. The zero-order valence-electron chi connectivity index (χ0n) is 76.7. The van der Waals surface area contributed by atoms with E-state index in [4.69, 9.17) is 88.3 Å². The highest BCUT2D eigenvalue weighted by molar-refractivity contribution is 6.39. The molecular weight excluding hydrogens is 1680 g/mol. The summed E-state index contributed by atoms with van der Waals surface area (Å²) in [6.07, 6.45) is 15.1. The summed E-state index contributed by atoms with van der Waals surface area (Å²) in [7, 11) is 3.20. The summed E-state index contributed by atoms with van der Waals surface area (Å²) >= 11 is 0. The van der Waals surface area contributed by atoms with E-state index in [0.29, 0.717) is 223 Å². The number of carbonyl (C=O) groups excluding carboxylic acids is 6. The number of aryl methyl sites for hydroxylation is 1. The van der Waals surface area contributed by atoms with Gasteiger partial charge >= 0.3 is 5.97 Å². The molecule has 1 saturated carbocycles. The van der Waals surface area contributed by atoms with Crippen LogP contribution in [0.5, 0.6) is 0 Å². The number of allylic oxidation sites excluding steroid dienone is 6. The Hall–Kier alpha value is -9.06. The maximum absolute atomic E-state index is 14.7. The number of rotatable bonds is 43. The third-order valence-electron chi connectivity index (χ3n) is 24.3. The summed E-state index contributed by atoms with van der Waals surface area (Å²) in [6, 6.07) is 11.3. The van der Waals surface area contributed by atoms with E-state index in [0.717, 1.165) is 45.7 Å². The average Bonchev–Trinajstić information content (AvgIpc) is 1.62. The highest BCUT2D eigenvalue weighted by Gasteiger charge is 2.53. The molecule has 4 aromatic heterocycles. The molecule has 1 aliphatic carbocycles. The summed E-state index contributed by atoms with van der Waals surface area (Å²) in [5.41, 5.74) is 26.1. The standard InChI is InChI=1S/C94H137N13O23/c1-61-16-10-9-11-17-62(2)79(117-7)55-72-27-20-66(6)94(116,130-72)88(113)91(114)106-31-14-12-19-75(106)92(115)128-80(56-76(108)63(3)51-65(5)86(111)87(112)85(110)64(4)50-61)73(95)52-69-25-28-78(81(53-69)118-8)127-33-15-13-18-71-59-105(104-102-71)32-35-120-37-39-122-41-43-124-45-47-126-49-48-125-46-44-123-42-40-121-38-36-119-34-30-82(109)98-57-67-21-23-68(24-22-67)58-107-90-83(89(96)99-60-100-90)84(103-107)70-26-29-77-74(54-70)101-93(97)129-77/h9-11,16-17,21-24,26,29,51,54,59-61,63-64,66,69,72-73,75,78-81,86-87,111-112,116H,12-15,18-20,25,27-28,30-50,52-53,55-58,95H2,1-8H3,(H2,97,101)(H,98,109)(H2,96,99,100)/b11-9?,16-10+,62-17?,65-51+/t61-,63-,64-,66-,69+,72+,73-,75+,78-,79+,80+,81-,86-,87+,94-/m1/s1. The number of ether oxygens (including phenoxy) is 13. The number of benzene rings is 2. The van der Waals surface area contributed by atoms with Gasteiger partial charge in [0.15, 0.2) is 17.0 Å². The number of aliphatic hydroxyl groups is 3. The van der Waals surface area contributed by atoms with Crippen LogP contribution in [-0.4, -0.2) is 289 Å². The van der Waals surface area contributed by atoms with Gasteiger partial charge in [-0.05, 0) is 150 Å². The first-order chi connectivity index (χ1) is 62.8. The molecule has 0 radical (unpaired) electrons. The minimum atomic E-state index is -2.49. The normalized spacial score (nSPS) is 25.5. The third-order valence-corrected chi connectivity index (χ3v) is 24.3. The maximum atomic E-state index is 14.7. The number of nitrogens with one attached hydrogen (secondary N) is 1. The largest absolute Gasteiger partial charge is 0.459 e. The van der Waals surface area contributed by atoms with Gasteiger partial charge in [-0.3, -0.25) is 24.0 Å². The van der Waals surface area contributed by atoms with E-state index in [2.05, 4.69) is 30.6 Å². The van der Waals surface area contributed by atoms with Crippen molar-refractivity contribution in [3.63, 3.8) is 0 Å². The molecule has 0 spiro atoms. The predicted molar refractivity (Wildman–Crippen MR) is 482 cm³/mol. The van der Waals surface area contributed by atoms with Crippen molar-refractivity contribution in [2.24, 2.45) is 35.3 Å². The lowest BCUT2D eigenvalue weighted by molar-refractivity contribution is -0.265. The molecule has 3 fully saturated rings. The Balaban J connectivity index is 0.534. The number of Topliss-reactive ketones (excluding diaryl/α,β-unsaturated/α-hetero) is 3. The van der Waals surface area contributed by atoms with E-state index in [1.165, 1.54) is 19.3 Å². The fraction of sp³-hybridized carbons (Fsp3) is 0.638. The van der Waals surface area contributed by atoms with E-state index in [-0.39, 0.29) is 80.4 Å². The molecule has 36 nitrogen and oxygen atoms in total. The summed E-state index contributed by atoms with van der Waals surface area (Å²) in [5, 5.41) is 51.7. The number of aromatic nitrogens is 8. The van der Waals surface area contributed by atoms with Crippen molar-refractivity contribution in [1.29, 1.82) is 0 Å². The number of fused-ring (bicyclic) bond motifs is 5. The second-order valence-corrected chi connectivity index (χ2v) is 34.3. The van der Waals surface area contributed by atoms with Gasteiger partial charge < -0.3 is 109 Å². The number of anilines is 2. The van der Waals surface area contributed by atoms with E-state index in [1.807, 2.05) is 86.8 Å². The zero-order valence-corrected chi connectivity index (χ0v) is 76.7. The zero-order chi connectivity index (χ0) is 92.9. The highest BCUT2D eigenvalue weighted by Crippen LogP contribution is 2.39. The van der Waals surface area contributed by atoms with Crippen LogP contribution in [0.3, 0.4) is 0 Å². The first kappa shape index (κ1) is 103. The molecule has 716 valence electrons. The number of nitrogen functional groups attached to an aromatic ring is 2. The summed E-state index contributed by atoms with van der Waals surface area (Å²) in [5.74, 6) is -8.71. The van der Waals surface area contributed by atoms with Crippen LogP contribution in [0.15, 0.2) is 107 Å². The van der Waals surface area contributed by atoms with Gasteiger partial charge in [0.2, 0.25) is 11.7 Å². The topological polar surface area (TPSA) is 477 Å². The van der Waals surface area contributed by atoms with Crippen LogP contribution in [0, 0.1) is 29.6 Å². The van der Waals surface area contributed by atoms with Crippen molar-refractivity contribution in [2.75, 3.05) is 145 Å². The lowest BCUT2D eigenvalue weighted by atomic mass is 9.80. The van der Waals surface area contributed by atoms with Crippen LogP contribution in [-0.2, 0) is 116 Å².